The van der Waals surface area contributed by atoms with E-state index in [0.29, 0.717) is 11.1 Å². The monoisotopic (exact) mass is 201 g/mol. The Hall–Kier alpha value is -1.52. The maximum Gasteiger partial charge on any atom is 0.270 e. The lowest BCUT2D eigenvalue weighted by atomic mass is 10.0. The van der Waals surface area contributed by atoms with Gasteiger partial charge >= 0.3 is 0 Å². The van der Waals surface area contributed by atoms with Crippen molar-refractivity contribution in [3.63, 3.8) is 0 Å². The van der Waals surface area contributed by atoms with E-state index in [1.807, 2.05) is 0 Å². The van der Waals surface area contributed by atoms with Crippen LogP contribution >= 0.6 is 0 Å². The number of nitrogens with zero attached hydrogens (tertiary/aromatic N) is 1. The molecule has 0 N–H and O–H groups in total. The minimum Gasteiger partial charge on any atom is -0.258 e. The molecule has 0 saturated carbocycles. The van der Waals surface area contributed by atoms with Gasteiger partial charge in [0.05, 0.1) is 4.92 Å². The highest BCUT2D eigenvalue weighted by Gasteiger charge is 2.17. The number of nitro benzene ring substituents is 1. The van der Waals surface area contributed by atoms with Crippen molar-refractivity contribution >= 4 is 5.69 Å². The van der Waals surface area contributed by atoms with E-state index in [1.165, 1.54) is 13.0 Å². The maximum atomic E-state index is 12.4. The Balaban J connectivity index is 3.35. The second-order valence-corrected chi connectivity index (χ2v) is 3.03. The molecule has 0 aromatic heterocycles. The fraction of sp³-hybridized carbons (Fsp3) is 0.333. The number of non-ortho nitro benzene ring substituents is 1. The summed E-state index contributed by atoms with van der Waals surface area (Å²) in [6.45, 7) is 3.11. The first-order valence-corrected chi connectivity index (χ1v) is 3.97. The lowest BCUT2D eigenvalue weighted by Gasteiger charge is -2.07. The van der Waals surface area contributed by atoms with Gasteiger partial charge in [0.2, 0.25) is 0 Å². The average molecular weight is 201 g/mol. The molecule has 0 bridgehead atoms. The zero-order valence-electron chi connectivity index (χ0n) is 7.75. The van der Waals surface area contributed by atoms with Crippen molar-refractivity contribution in [3.05, 3.63) is 38.9 Å². The summed E-state index contributed by atoms with van der Waals surface area (Å²) in [7, 11) is 0. The zero-order chi connectivity index (χ0) is 10.9. The number of hydrogen-bond donors (Lipinski definition) is 0. The second-order valence-electron chi connectivity index (χ2n) is 3.03. The van der Waals surface area contributed by atoms with Crippen molar-refractivity contribution in [2.24, 2.45) is 0 Å². The Morgan fingerprint density at radius 2 is 1.93 bits per heavy atom. The van der Waals surface area contributed by atoms with Gasteiger partial charge in [-0.3, -0.25) is 10.1 Å². The number of aryl methyl sites for hydroxylation is 1. The van der Waals surface area contributed by atoms with E-state index in [4.69, 9.17) is 0 Å². The van der Waals surface area contributed by atoms with Gasteiger partial charge in [-0.15, -0.1) is 0 Å². The molecular weight excluding hydrogens is 192 g/mol. The lowest BCUT2D eigenvalue weighted by Crippen LogP contribution is -1.97. The normalized spacial score (nSPS) is 10.6. The van der Waals surface area contributed by atoms with Crippen LogP contribution in [0.15, 0.2) is 12.1 Å². The fourth-order valence-electron chi connectivity index (χ4n) is 1.20. The van der Waals surface area contributed by atoms with Crippen molar-refractivity contribution in [1.82, 2.24) is 0 Å². The van der Waals surface area contributed by atoms with Crippen LogP contribution in [0.2, 0.25) is 0 Å². The highest BCUT2D eigenvalue weighted by molar-refractivity contribution is 5.45. The van der Waals surface area contributed by atoms with Gasteiger partial charge in [0.25, 0.3) is 12.1 Å². The fourth-order valence-corrected chi connectivity index (χ4v) is 1.20. The molecule has 1 aromatic rings. The van der Waals surface area contributed by atoms with Crippen LogP contribution in [-0.2, 0) is 0 Å². The van der Waals surface area contributed by atoms with Crippen molar-refractivity contribution < 1.29 is 13.7 Å². The van der Waals surface area contributed by atoms with Gasteiger partial charge in [-0.2, -0.15) is 0 Å². The smallest absolute Gasteiger partial charge is 0.258 e. The molecule has 0 aliphatic heterocycles. The van der Waals surface area contributed by atoms with Crippen LogP contribution in [0.4, 0.5) is 14.5 Å². The third kappa shape index (κ3) is 1.86. The Bertz CT molecular complexity index is 377. The predicted molar refractivity (Wildman–Crippen MR) is 47.5 cm³/mol. The Kier molecular flexibility index (Phi) is 2.78. The molecule has 0 heterocycles. The summed E-state index contributed by atoms with van der Waals surface area (Å²) < 4.78 is 24.9. The molecular formula is C9H9F2NO2. The molecule has 0 radical (unpaired) electrons. The molecule has 0 spiro atoms. The SMILES string of the molecule is Cc1cc([N+](=O)[O-])cc(C(F)F)c1C. The first-order chi connectivity index (χ1) is 6.43. The summed E-state index contributed by atoms with van der Waals surface area (Å²) in [6.07, 6.45) is -2.67. The summed E-state index contributed by atoms with van der Waals surface area (Å²) in [5, 5.41) is 10.4. The number of hydrogen-bond acceptors (Lipinski definition) is 2. The molecule has 1 rings (SSSR count). The number of halogens is 2. The average Bonchev–Trinajstić information content (AvgIpc) is 2.08. The van der Waals surface area contributed by atoms with Gasteiger partial charge in [0.1, 0.15) is 0 Å². The highest BCUT2D eigenvalue weighted by atomic mass is 19.3. The minimum atomic E-state index is -2.67. The van der Waals surface area contributed by atoms with E-state index < -0.39 is 11.3 Å². The highest BCUT2D eigenvalue weighted by Crippen LogP contribution is 2.28. The van der Waals surface area contributed by atoms with Gasteiger partial charge in [-0.25, -0.2) is 8.78 Å². The number of rotatable bonds is 2. The van der Waals surface area contributed by atoms with Crippen LogP contribution in [0, 0.1) is 24.0 Å². The second kappa shape index (κ2) is 3.69. The zero-order valence-corrected chi connectivity index (χ0v) is 7.75. The van der Waals surface area contributed by atoms with Gasteiger partial charge in [-0.1, -0.05) is 0 Å². The molecule has 0 fully saturated rings. The Labute approximate surface area is 79.5 Å². The number of nitro groups is 1. The van der Waals surface area contributed by atoms with Crippen LogP contribution in [0.25, 0.3) is 0 Å². The van der Waals surface area contributed by atoms with Gasteiger partial charge in [0.15, 0.2) is 0 Å². The van der Waals surface area contributed by atoms with Crippen LogP contribution in [0.1, 0.15) is 23.1 Å². The van der Waals surface area contributed by atoms with Gasteiger partial charge < -0.3 is 0 Å². The molecule has 0 aliphatic rings. The van der Waals surface area contributed by atoms with Crippen LogP contribution in [0.5, 0.6) is 0 Å². The largest absolute Gasteiger partial charge is 0.270 e. The van der Waals surface area contributed by atoms with Gasteiger partial charge in [-0.05, 0) is 25.0 Å². The molecule has 5 heteroatoms. The minimum absolute atomic E-state index is 0.267. The maximum absolute atomic E-state index is 12.4. The number of alkyl halides is 2. The van der Waals surface area contributed by atoms with Crippen molar-refractivity contribution in [2.75, 3.05) is 0 Å². The summed E-state index contributed by atoms with van der Waals surface area (Å²) in [6, 6.07) is 2.22. The molecule has 0 unspecified atom stereocenters. The summed E-state index contributed by atoms with van der Waals surface area (Å²) in [5.41, 5.74) is 0.361. The van der Waals surface area contributed by atoms with Crippen LogP contribution in [-0.4, -0.2) is 4.92 Å². The van der Waals surface area contributed by atoms with Crippen LogP contribution in [0.3, 0.4) is 0 Å². The van der Waals surface area contributed by atoms with E-state index >= 15 is 0 Å². The van der Waals surface area contributed by atoms with E-state index in [1.54, 1.807) is 6.92 Å². The third-order valence-corrected chi connectivity index (χ3v) is 2.14. The van der Waals surface area contributed by atoms with Crippen molar-refractivity contribution in [2.45, 2.75) is 20.3 Å². The summed E-state index contributed by atoms with van der Waals surface area (Å²) in [5.74, 6) is 0. The molecule has 76 valence electrons. The molecule has 0 atom stereocenters. The van der Waals surface area contributed by atoms with Gasteiger partial charge in [0, 0.05) is 17.7 Å². The Morgan fingerprint density at radius 3 is 2.36 bits per heavy atom. The van der Waals surface area contributed by atoms with E-state index in [0.717, 1.165) is 6.07 Å². The first kappa shape index (κ1) is 10.6. The molecule has 0 saturated heterocycles. The lowest BCUT2D eigenvalue weighted by molar-refractivity contribution is -0.385. The van der Waals surface area contributed by atoms with E-state index in [-0.39, 0.29) is 11.3 Å². The quantitative estimate of drug-likeness (QED) is 0.544. The molecule has 1 aromatic carbocycles. The Morgan fingerprint density at radius 1 is 1.36 bits per heavy atom. The molecule has 0 aliphatic carbocycles. The van der Waals surface area contributed by atoms with E-state index in [2.05, 4.69) is 0 Å². The molecule has 0 amide bonds. The first-order valence-electron chi connectivity index (χ1n) is 3.97. The van der Waals surface area contributed by atoms with E-state index in [9.17, 15) is 18.9 Å². The predicted octanol–water partition coefficient (Wildman–Crippen LogP) is 3.15. The van der Waals surface area contributed by atoms with Crippen molar-refractivity contribution in [1.29, 1.82) is 0 Å². The standard InChI is InChI=1S/C9H9F2NO2/c1-5-3-7(12(13)14)4-8(6(5)2)9(10)11/h3-4,9H,1-2H3. The van der Waals surface area contributed by atoms with Crippen molar-refractivity contribution in [3.8, 4) is 0 Å². The third-order valence-electron chi connectivity index (χ3n) is 2.14. The van der Waals surface area contributed by atoms with Crippen LogP contribution < -0.4 is 0 Å². The summed E-state index contributed by atoms with van der Waals surface area (Å²) in [4.78, 5) is 9.73. The molecule has 3 nitrogen and oxygen atoms in total. The number of benzene rings is 1. The topological polar surface area (TPSA) is 43.1 Å². The molecule has 14 heavy (non-hydrogen) atoms. The summed E-state index contributed by atoms with van der Waals surface area (Å²) >= 11 is 0.